The number of nitrogens with zero attached hydrogens (tertiary/aromatic N) is 6. The average Bonchev–Trinajstić information content (AvgIpc) is 3.35. The molecule has 0 atom stereocenters. The zero-order chi connectivity index (χ0) is 22.1. The fourth-order valence-electron chi connectivity index (χ4n) is 3.88. The van der Waals surface area contributed by atoms with Crippen molar-refractivity contribution in [3.63, 3.8) is 0 Å². The van der Waals surface area contributed by atoms with Crippen molar-refractivity contribution in [2.75, 3.05) is 19.6 Å². The molecule has 0 unspecified atom stereocenters. The Bertz CT molecular complexity index is 1130. The highest BCUT2D eigenvalue weighted by Crippen LogP contribution is 2.31. The van der Waals surface area contributed by atoms with Gasteiger partial charge in [-0.25, -0.2) is 9.67 Å². The standard InChI is InChI=1S/C23H27N7O2/c1-28-20(18(14-25-28)23(32)29-12-5-13-29)22(31)24-11-10-19-26-21(17-6-3-2-4-7-17)27-30(19)15-16-8-9-16/h2-4,6-7,14,16H,5,8-13,15H2,1H3,(H,24,31). The number of likely N-dealkylation sites (tertiary alicyclic amines) is 1. The highest BCUT2D eigenvalue weighted by atomic mass is 16.2. The Labute approximate surface area is 186 Å². The van der Waals surface area contributed by atoms with Gasteiger partial charge in [-0.2, -0.15) is 10.2 Å². The van der Waals surface area contributed by atoms with Crippen LogP contribution in [0.5, 0.6) is 0 Å². The van der Waals surface area contributed by atoms with Crippen LogP contribution in [0.25, 0.3) is 11.4 Å². The van der Waals surface area contributed by atoms with Crippen LogP contribution < -0.4 is 5.32 Å². The van der Waals surface area contributed by atoms with Gasteiger partial charge in [0.05, 0.1) is 11.8 Å². The predicted octanol–water partition coefficient (Wildman–Crippen LogP) is 1.91. The van der Waals surface area contributed by atoms with E-state index in [9.17, 15) is 9.59 Å². The van der Waals surface area contributed by atoms with Gasteiger partial charge in [-0.3, -0.25) is 14.3 Å². The molecule has 1 aromatic carbocycles. The van der Waals surface area contributed by atoms with E-state index in [4.69, 9.17) is 10.1 Å². The lowest BCUT2D eigenvalue weighted by Crippen LogP contribution is -2.43. The average molecular weight is 434 g/mol. The number of rotatable bonds is 8. The molecule has 9 heteroatoms. The number of carbonyl (C=O) groups is 2. The van der Waals surface area contributed by atoms with Crippen LogP contribution in [-0.2, 0) is 20.0 Å². The molecule has 2 aromatic heterocycles. The number of amides is 2. The van der Waals surface area contributed by atoms with Gasteiger partial charge in [0.1, 0.15) is 11.5 Å². The molecule has 32 heavy (non-hydrogen) atoms. The Morgan fingerprint density at radius 1 is 1.16 bits per heavy atom. The van der Waals surface area contributed by atoms with Crippen molar-refractivity contribution in [2.24, 2.45) is 13.0 Å². The number of hydrogen-bond acceptors (Lipinski definition) is 5. The Morgan fingerprint density at radius 2 is 1.94 bits per heavy atom. The van der Waals surface area contributed by atoms with Crippen LogP contribution >= 0.6 is 0 Å². The minimum Gasteiger partial charge on any atom is -0.350 e. The lowest BCUT2D eigenvalue weighted by atomic mass is 10.1. The Morgan fingerprint density at radius 3 is 2.62 bits per heavy atom. The summed E-state index contributed by atoms with van der Waals surface area (Å²) in [6.07, 6.45) is 5.50. The van der Waals surface area contributed by atoms with Crippen LogP contribution in [0.4, 0.5) is 0 Å². The third-order valence-electron chi connectivity index (χ3n) is 6.07. The van der Waals surface area contributed by atoms with Gasteiger partial charge in [0.15, 0.2) is 5.82 Å². The first-order valence-corrected chi connectivity index (χ1v) is 11.2. The number of aryl methyl sites for hydroxylation is 1. The summed E-state index contributed by atoms with van der Waals surface area (Å²) in [6.45, 7) is 2.72. The maximum absolute atomic E-state index is 12.9. The van der Waals surface area contributed by atoms with E-state index in [1.165, 1.54) is 23.7 Å². The highest BCUT2D eigenvalue weighted by Gasteiger charge is 2.29. The van der Waals surface area contributed by atoms with E-state index >= 15 is 0 Å². The molecule has 0 spiro atoms. The van der Waals surface area contributed by atoms with Crippen LogP contribution in [0.15, 0.2) is 36.5 Å². The molecule has 3 heterocycles. The Balaban J connectivity index is 1.27. The monoisotopic (exact) mass is 433 g/mol. The van der Waals surface area contributed by atoms with Crippen LogP contribution in [0.1, 0.15) is 45.9 Å². The maximum atomic E-state index is 12.9. The van der Waals surface area contributed by atoms with Gasteiger partial charge >= 0.3 is 0 Å². The minimum atomic E-state index is -0.301. The quantitative estimate of drug-likeness (QED) is 0.585. The fourth-order valence-corrected chi connectivity index (χ4v) is 3.88. The van der Waals surface area contributed by atoms with Crippen molar-refractivity contribution in [3.8, 4) is 11.4 Å². The third-order valence-corrected chi connectivity index (χ3v) is 6.07. The normalized spacial score (nSPS) is 15.5. The van der Waals surface area contributed by atoms with Gasteiger partial charge in [0.2, 0.25) is 0 Å². The molecule has 166 valence electrons. The lowest BCUT2D eigenvalue weighted by molar-refractivity contribution is 0.0647. The molecule has 0 radical (unpaired) electrons. The van der Waals surface area contributed by atoms with E-state index in [1.54, 1.807) is 11.9 Å². The van der Waals surface area contributed by atoms with E-state index in [2.05, 4.69) is 10.4 Å². The number of benzene rings is 1. The third kappa shape index (κ3) is 4.15. The second-order valence-corrected chi connectivity index (χ2v) is 8.53. The lowest BCUT2D eigenvalue weighted by Gasteiger charge is -2.30. The topological polar surface area (TPSA) is 97.9 Å². The largest absolute Gasteiger partial charge is 0.350 e. The van der Waals surface area contributed by atoms with Crippen LogP contribution in [-0.4, -0.2) is 60.9 Å². The van der Waals surface area contributed by atoms with E-state index in [-0.39, 0.29) is 11.8 Å². The molecular weight excluding hydrogens is 406 g/mol. The van der Waals surface area contributed by atoms with Crippen LogP contribution in [0.3, 0.4) is 0 Å². The van der Waals surface area contributed by atoms with Crippen molar-refractivity contribution in [1.29, 1.82) is 0 Å². The van der Waals surface area contributed by atoms with E-state index in [1.807, 2.05) is 35.0 Å². The van der Waals surface area contributed by atoms with E-state index in [0.717, 1.165) is 37.4 Å². The summed E-state index contributed by atoms with van der Waals surface area (Å²) in [7, 11) is 1.68. The minimum absolute atomic E-state index is 0.133. The molecule has 2 amide bonds. The molecule has 1 saturated carbocycles. The Hall–Kier alpha value is -3.49. The molecule has 5 rings (SSSR count). The predicted molar refractivity (Wildman–Crippen MR) is 118 cm³/mol. The summed E-state index contributed by atoms with van der Waals surface area (Å²) < 4.78 is 3.44. The van der Waals surface area contributed by atoms with Crippen molar-refractivity contribution in [3.05, 3.63) is 53.6 Å². The molecule has 1 aliphatic carbocycles. The smallest absolute Gasteiger partial charge is 0.270 e. The number of aromatic nitrogens is 5. The second-order valence-electron chi connectivity index (χ2n) is 8.53. The van der Waals surface area contributed by atoms with Crippen molar-refractivity contribution in [1.82, 2.24) is 34.8 Å². The first-order valence-electron chi connectivity index (χ1n) is 11.2. The molecule has 2 aliphatic rings. The summed E-state index contributed by atoms with van der Waals surface area (Å²) >= 11 is 0. The first-order chi connectivity index (χ1) is 15.6. The molecule has 2 fully saturated rings. The summed E-state index contributed by atoms with van der Waals surface area (Å²) in [5.41, 5.74) is 1.63. The van der Waals surface area contributed by atoms with Gasteiger partial charge in [0, 0.05) is 45.2 Å². The summed E-state index contributed by atoms with van der Waals surface area (Å²) in [6, 6.07) is 9.93. The van der Waals surface area contributed by atoms with Gasteiger partial charge in [-0.15, -0.1) is 0 Å². The van der Waals surface area contributed by atoms with E-state index in [0.29, 0.717) is 36.0 Å². The summed E-state index contributed by atoms with van der Waals surface area (Å²) in [5.74, 6) is 1.80. The summed E-state index contributed by atoms with van der Waals surface area (Å²) in [5, 5.41) is 11.8. The zero-order valence-electron chi connectivity index (χ0n) is 18.2. The maximum Gasteiger partial charge on any atom is 0.270 e. The highest BCUT2D eigenvalue weighted by molar-refractivity contribution is 6.06. The van der Waals surface area contributed by atoms with Crippen molar-refractivity contribution < 1.29 is 9.59 Å². The fraction of sp³-hybridized carbons (Fsp3) is 0.435. The molecule has 1 aliphatic heterocycles. The van der Waals surface area contributed by atoms with Crippen molar-refractivity contribution >= 4 is 11.8 Å². The molecule has 3 aromatic rings. The van der Waals surface area contributed by atoms with Crippen LogP contribution in [0, 0.1) is 5.92 Å². The molecule has 0 bridgehead atoms. The zero-order valence-corrected chi connectivity index (χ0v) is 18.2. The number of carbonyl (C=O) groups excluding carboxylic acids is 2. The van der Waals surface area contributed by atoms with Crippen LogP contribution in [0.2, 0.25) is 0 Å². The Kier molecular flexibility index (Phi) is 5.46. The molecular formula is C23H27N7O2. The second kappa shape index (κ2) is 8.57. The van der Waals surface area contributed by atoms with Gasteiger partial charge in [0.25, 0.3) is 11.8 Å². The van der Waals surface area contributed by atoms with Gasteiger partial charge in [-0.05, 0) is 25.2 Å². The van der Waals surface area contributed by atoms with E-state index < -0.39 is 0 Å². The number of hydrogen-bond donors (Lipinski definition) is 1. The molecule has 1 saturated heterocycles. The van der Waals surface area contributed by atoms with Gasteiger partial charge < -0.3 is 10.2 Å². The van der Waals surface area contributed by atoms with Crippen molar-refractivity contribution in [2.45, 2.75) is 32.2 Å². The van der Waals surface area contributed by atoms with Gasteiger partial charge in [-0.1, -0.05) is 30.3 Å². The molecule has 9 nitrogen and oxygen atoms in total. The number of nitrogens with one attached hydrogen (secondary N) is 1. The SMILES string of the molecule is Cn1ncc(C(=O)N2CCC2)c1C(=O)NCCc1nc(-c2ccccc2)nn1CC1CC1. The summed E-state index contributed by atoms with van der Waals surface area (Å²) in [4.78, 5) is 32.0. The molecule has 1 N–H and O–H groups in total. The first kappa shape index (κ1) is 20.4.